The van der Waals surface area contributed by atoms with Crippen molar-refractivity contribution < 1.29 is 9.59 Å². The van der Waals surface area contributed by atoms with Gasteiger partial charge in [-0.1, -0.05) is 23.7 Å². The minimum absolute atomic E-state index is 0.0520. The van der Waals surface area contributed by atoms with Crippen LogP contribution >= 0.6 is 11.6 Å². The lowest BCUT2D eigenvalue weighted by atomic mass is 10.0. The van der Waals surface area contributed by atoms with Crippen LogP contribution in [0.5, 0.6) is 0 Å². The van der Waals surface area contributed by atoms with E-state index in [0.717, 1.165) is 19.4 Å². The number of nitrogens with one attached hydrogen (secondary N) is 1. The molecule has 2 amide bonds. The lowest BCUT2D eigenvalue weighted by molar-refractivity contribution is 0.0635. The Labute approximate surface area is 152 Å². The molecule has 4 nitrogen and oxygen atoms in total. The number of piperidine rings is 1. The lowest BCUT2D eigenvalue weighted by Gasteiger charge is -2.33. The molecule has 1 fully saturated rings. The molecule has 1 aliphatic heterocycles. The number of likely N-dealkylation sites (tertiary alicyclic amines) is 1. The highest BCUT2D eigenvalue weighted by Gasteiger charge is 2.24. The molecule has 0 saturated carbocycles. The van der Waals surface area contributed by atoms with Gasteiger partial charge in [-0.15, -0.1) is 0 Å². The zero-order chi connectivity index (χ0) is 17.8. The first kappa shape index (κ1) is 17.5. The summed E-state index contributed by atoms with van der Waals surface area (Å²) in [7, 11) is 0. The van der Waals surface area contributed by atoms with Gasteiger partial charge < -0.3 is 10.2 Å². The molecule has 0 radical (unpaired) electrons. The van der Waals surface area contributed by atoms with Crippen LogP contribution in [0.25, 0.3) is 0 Å². The second-order valence-electron chi connectivity index (χ2n) is 6.35. The molecule has 2 aromatic carbocycles. The van der Waals surface area contributed by atoms with E-state index in [1.807, 2.05) is 4.90 Å². The van der Waals surface area contributed by atoms with E-state index in [4.69, 9.17) is 11.6 Å². The third-order valence-corrected chi connectivity index (χ3v) is 4.90. The summed E-state index contributed by atoms with van der Waals surface area (Å²) in [6, 6.07) is 14.2. The summed E-state index contributed by atoms with van der Waals surface area (Å²) in [4.78, 5) is 26.8. The van der Waals surface area contributed by atoms with Gasteiger partial charge in [0.15, 0.2) is 0 Å². The smallest absolute Gasteiger partial charge is 0.257 e. The van der Waals surface area contributed by atoms with Gasteiger partial charge in [0.2, 0.25) is 0 Å². The van der Waals surface area contributed by atoms with Gasteiger partial charge in [-0.05, 0) is 62.6 Å². The van der Waals surface area contributed by atoms with Gasteiger partial charge in [0.1, 0.15) is 0 Å². The molecule has 1 saturated heterocycles. The van der Waals surface area contributed by atoms with Crippen LogP contribution in [-0.4, -0.2) is 29.3 Å². The summed E-state index contributed by atoms with van der Waals surface area (Å²) < 4.78 is 0. The van der Waals surface area contributed by atoms with Crippen LogP contribution in [0.4, 0.5) is 5.69 Å². The Balaban J connectivity index is 1.69. The highest BCUT2D eigenvalue weighted by atomic mass is 35.5. The summed E-state index contributed by atoms with van der Waals surface area (Å²) in [6.45, 7) is 2.90. The number of hydrogen-bond acceptors (Lipinski definition) is 2. The van der Waals surface area contributed by atoms with E-state index in [1.165, 1.54) is 6.42 Å². The molecule has 5 heteroatoms. The number of hydrogen-bond donors (Lipinski definition) is 1. The Morgan fingerprint density at radius 1 is 1.08 bits per heavy atom. The van der Waals surface area contributed by atoms with E-state index >= 15 is 0 Å². The SMILES string of the molecule is C[C@H]1CCCCN1C(=O)c1ccc(NC(=O)c2ccccc2Cl)cc1. The Hall–Kier alpha value is -2.33. The fourth-order valence-electron chi connectivity index (χ4n) is 3.11. The molecule has 25 heavy (non-hydrogen) atoms. The lowest BCUT2D eigenvalue weighted by Crippen LogP contribution is -2.42. The van der Waals surface area contributed by atoms with Crippen LogP contribution in [0.15, 0.2) is 48.5 Å². The number of amides is 2. The molecule has 1 N–H and O–H groups in total. The minimum atomic E-state index is -0.269. The predicted octanol–water partition coefficient (Wildman–Crippen LogP) is 4.61. The van der Waals surface area contributed by atoms with E-state index in [1.54, 1.807) is 48.5 Å². The van der Waals surface area contributed by atoms with Crippen molar-refractivity contribution in [3.63, 3.8) is 0 Å². The summed E-state index contributed by atoms with van der Waals surface area (Å²) in [6.07, 6.45) is 3.29. The molecule has 1 heterocycles. The average molecular weight is 357 g/mol. The highest BCUT2D eigenvalue weighted by molar-refractivity contribution is 6.34. The van der Waals surface area contributed by atoms with E-state index < -0.39 is 0 Å². The molecule has 3 rings (SSSR count). The van der Waals surface area contributed by atoms with Crippen molar-refractivity contribution in [2.75, 3.05) is 11.9 Å². The molecule has 0 unspecified atom stereocenters. The number of nitrogens with zero attached hydrogens (tertiary/aromatic N) is 1. The number of anilines is 1. The van der Waals surface area contributed by atoms with Crippen molar-refractivity contribution in [1.82, 2.24) is 4.90 Å². The first-order valence-corrected chi connectivity index (χ1v) is 8.91. The zero-order valence-corrected chi connectivity index (χ0v) is 14.9. The molecule has 1 atom stereocenters. The van der Waals surface area contributed by atoms with Gasteiger partial charge in [-0.3, -0.25) is 9.59 Å². The van der Waals surface area contributed by atoms with Crippen LogP contribution in [0.2, 0.25) is 5.02 Å². The van der Waals surface area contributed by atoms with Crippen molar-refractivity contribution in [3.8, 4) is 0 Å². The van der Waals surface area contributed by atoms with Crippen molar-refractivity contribution >= 4 is 29.1 Å². The summed E-state index contributed by atoms with van der Waals surface area (Å²) in [5.41, 5.74) is 1.70. The molecule has 0 spiro atoms. The van der Waals surface area contributed by atoms with Gasteiger partial charge in [0, 0.05) is 23.8 Å². The molecule has 0 bridgehead atoms. The van der Waals surface area contributed by atoms with Crippen LogP contribution in [0, 0.1) is 0 Å². The maximum absolute atomic E-state index is 12.6. The monoisotopic (exact) mass is 356 g/mol. The van der Waals surface area contributed by atoms with Crippen molar-refractivity contribution in [3.05, 3.63) is 64.7 Å². The zero-order valence-electron chi connectivity index (χ0n) is 14.2. The fraction of sp³-hybridized carbons (Fsp3) is 0.300. The standard InChI is InChI=1S/C20H21ClN2O2/c1-14-6-4-5-13-23(14)20(25)15-9-11-16(12-10-15)22-19(24)17-7-2-3-8-18(17)21/h2-3,7-12,14H,4-6,13H2,1H3,(H,22,24)/t14-/m0/s1. The molecular weight excluding hydrogens is 336 g/mol. The maximum atomic E-state index is 12.6. The number of halogens is 1. The summed E-state index contributed by atoms with van der Waals surface area (Å²) in [5.74, 6) is -0.217. The first-order valence-electron chi connectivity index (χ1n) is 8.53. The highest BCUT2D eigenvalue weighted by Crippen LogP contribution is 2.21. The normalized spacial score (nSPS) is 17.2. The second kappa shape index (κ2) is 7.70. The first-order chi connectivity index (χ1) is 12.1. The van der Waals surface area contributed by atoms with Crippen LogP contribution < -0.4 is 5.32 Å². The van der Waals surface area contributed by atoms with Gasteiger partial charge in [-0.2, -0.15) is 0 Å². The average Bonchev–Trinajstić information content (AvgIpc) is 2.62. The van der Waals surface area contributed by atoms with Gasteiger partial charge in [0.05, 0.1) is 10.6 Å². The third-order valence-electron chi connectivity index (χ3n) is 4.57. The number of carbonyl (C=O) groups excluding carboxylic acids is 2. The summed E-state index contributed by atoms with van der Waals surface area (Å²) in [5, 5.41) is 3.21. The van der Waals surface area contributed by atoms with E-state index in [9.17, 15) is 9.59 Å². The van der Waals surface area contributed by atoms with Gasteiger partial charge in [0.25, 0.3) is 11.8 Å². The van der Waals surface area contributed by atoms with E-state index in [2.05, 4.69) is 12.2 Å². The Kier molecular flexibility index (Phi) is 5.39. The van der Waals surface area contributed by atoms with Crippen molar-refractivity contribution in [2.45, 2.75) is 32.2 Å². The maximum Gasteiger partial charge on any atom is 0.257 e. The topological polar surface area (TPSA) is 49.4 Å². The van der Waals surface area contributed by atoms with E-state index in [0.29, 0.717) is 21.8 Å². The minimum Gasteiger partial charge on any atom is -0.336 e. The van der Waals surface area contributed by atoms with Crippen molar-refractivity contribution in [1.29, 1.82) is 0 Å². The number of carbonyl (C=O) groups is 2. The molecule has 0 aliphatic carbocycles. The van der Waals surface area contributed by atoms with Crippen LogP contribution in [-0.2, 0) is 0 Å². The predicted molar refractivity (Wildman–Crippen MR) is 100 cm³/mol. The van der Waals surface area contributed by atoms with Gasteiger partial charge >= 0.3 is 0 Å². The molecular formula is C20H21ClN2O2. The Morgan fingerprint density at radius 3 is 2.48 bits per heavy atom. The second-order valence-corrected chi connectivity index (χ2v) is 6.76. The van der Waals surface area contributed by atoms with E-state index in [-0.39, 0.29) is 17.9 Å². The Morgan fingerprint density at radius 2 is 1.80 bits per heavy atom. The Bertz CT molecular complexity index is 774. The molecule has 130 valence electrons. The summed E-state index contributed by atoms with van der Waals surface area (Å²) >= 11 is 6.04. The molecule has 2 aromatic rings. The van der Waals surface area contributed by atoms with Crippen molar-refractivity contribution in [2.24, 2.45) is 0 Å². The van der Waals surface area contributed by atoms with Gasteiger partial charge in [-0.25, -0.2) is 0 Å². The fourth-order valence-corrected chi connectivity index (χ4v) is 3.33. The van der Waals surface area contributed by atoms with Crippen LogP contribution in [0.1, 0.15) is 46.9 Å². The molecule has 0 aromatic heterocycles. The number of benzene rings is 2. The quantitative estimate of drug-likeness (QED) is 0.873. The largest absolute Gasteiger partial charge is 0.336 e. The third kappa shape index (κ3) is 4.02. The number of rotatable bonds is 3. The van der Waals surface area contributed by atoms with Crippen LogP contribution in [0.3, 0.4) is 0 Å². The molecule has 1 aliphatic rings.